The van der Waals surface area contributed by atoms with Crippen LogP contribution in [0.2, 0.25) is 0 Å². The molecule has 1 aliphatic heterocycles. The number of hydrogen-bond donors (Lipinski definition) is 1. The van der Waals surface area contributed by atoms with Gasteiger partial charge < -0.3 is 0 Å². The molecule has 0 aromatic rings. The summed E-state index contributed by atoms with van der Waals surface area (Å²) in [4.78, 5) is 4.12. The highest BCUT2D eigenvalue weighted by molar-refractivity contribution is 5.98. The SMILES string of the molecule is C=C1CNCN=C1C. The first-order chi connectivity index (χ1) is 3.80. The zero-order valence-corrected chi connectivity index (χ0v) is 5.07. The van der Waals surface area contributed by atoms with E-state index in [1.54, 1.807) is 0 Å². The zero-order chi connectivity index (χ0) is 5.98. The smallest absolute Gasteiger partial charge is 0.0890 e. The summed E-state index contributed by atoms with van der Waals surface area (Å²) in [6.45, 7) is 7.44. The van der Waals surface area contributed by atoms with Crippen LogP contribution in [-0.2, 0) is 0 Å². The van der Waals surface area contributed by atoms with E-state index in [-0.39, 0.29) is 0 Å². The summed E-state index contributed by atoms with van der Waals surface area (Å²) in [5.74, 6) is 0. The number of nitrogens with zero attached hydrogens (tertiary/aromatic N) is 1. The lowest BCUT2D eigenvalue weighted by Gasteiger charge is -2.11. The second-order valence-corrected chi connectivity index (χ2v) is 1.93. The van der Waals surface area contributed by atoms with E-state index in [0.717, 1.165) is 24.5 Å². The van der Waals surface area contributed by atoms with Crippen molar-refractivity contribution in [2.24, 2.45) is 4.99 Å². The van der Waals surface area contributed by atoms with Crippen molar-refractivity contribution < 1.29 is 0 Å². The minimum atomic E-state index is 0.755. The summed E-state index contributed by atoms with van der Waals surface area (Å²) in [5, 5.41) is 3.08. The fourth-order valence-corrected chi connectivity index (χ4v) is 0.621. The van der Waals surface area contributed by atoms with Crippen LogP contribution in [0.5, 0.6) is 0 Å². The highest BCUT2D eigenvalue weighted by atomic mass is 15.0. The van der Waals surface area contributed by atoms with Crippen molar-refractivity contribution in [1.82, 2.24) is 5.32 Å². The molecule has 44 valence electrons. The Kier molecular flexibility index (Phi) is 1.44. The van der Waals surface area contributed by atoms with Crippen LogP contribution in [-0.4, -0.2) is 18.9 Å². The fourth-order valence-electron chi connectivity index (χ4n) is 0.621. The van der Waals surface area contributed by atoms with Crippen LogP contribution in [0.3, 0.4) is 0 Å². The molecule has 0 amide bonds. The van der Waals surface area contributed by atoms with Gasteiger partial charge in [-0.2, -0.15) is 0 Å². The molecule has 0 bridgehead atoms. The van der Waals surface area contributed by atoms with E-state index in [4.69, 9.17) is 0 Å². The van der Waals surface area contributed by atoms with E-state index in [1.807, 2.05) is 6.92 Å². The minimum absolute atomic E-state index is 0.755. The van der Waals surface area contributed by atoms with E-state index in [2.05, 4.69) is 16.9 Å². The maximum Gasteiger partial charge on any atom is 0.0890 e. The van der Waals surface area contributed by atoms with Crippen LogP contribution in [0, 0.1) is 0 Å². The Morgan fingerprint density at radius 3 is 2.88 bits per heavy atom. The molecule has 0 radical (unpaired) electrons. The molecule has 0 fully saturated rings. The molecule has 0 saturated heterocycles. The third-order valence-corrected chi connectivity index (χ3v) is 1.28. The average Bonchev–Trinajstić information content (AvgIpc) is 1.77. The predicted molar refractivity (Wildman–Crippen MR) is 35.1 cm³/mol. The largest absolute Gasteiger partial charge is 0.294 e. The van der Waals surface area contributed by atoms with Crippen molar-refractivity contribution in [2.45, 2.75) is 6.92 Å². The van der Waals surface area contributed by atoms with Gasteiger partial charge in [0.25, 0.3) is 0 Å². The van der Waals surface area contributed by atoms with Crippen molar-refractivity contribution in [3.8, 4) is 0 Å². The number of rotatable bonds is 0. The van der Waals surface area contributed by atoms with Crippen LogP contribution in [0.1, 0.15) is 6.92 Å². The Morgan fingerprint density at radius 1 is 1.75 bits per heavy atom. The molecule has 1 rings (SSSR count). The summed E-state index contributed by atoms with van der Waals surface area (Å²) in [6.07, 6.45) is 0. The van der Waals surface area contributed by atoms with Crippen molar-refractivity contribution in [3.05, 3.63) is 12.2 Å². The van der Waals surface area contributed by atoms with Crippen LogP contribution < -0.4 is 5.32 Å². The Bertz CT molecular complexity index is 135. The van der Waals surface area contributed by atoms with Crippen molar-refractivity contribution >= 4 is 5.71 Å². The molecule has 1 heterocycles. The van der Waals surface area contributed by atoms with Crippen LogP contribution >= 0.6 is 0 Å². The van der Waals surface area contributed by atoms with Gasteiger partial charge in [0.2, 0.25) is 0 Å². The standard InChI is InChI=1S/C6H10N2/c1-5-3-7-4-8-6(5)2/h7H,1,3-4H2,2H3. The van der Waals surface area contributed by atoms with Gasteiger partial charge in [0, 0.05) is 12.3 Å². The molecule has 2 heteroatoms. The first kappa shape index (κ1) is 5.51. The molecule has 0 aromatic carbocycles. The quantitative estimate of drug-likeness (QED) is 0.484. The van der Waals surface area contributed by atoms with E-state index in [1.165, 1.54) is 0 Å². The lowest BCUT2D eigenvalue weighted by Crippen LogP contribution is -2.25. The molecule has 0 atom stereocenters. The van der Waals surface area contributed by atoms with Gasteiger partial charge in [-0.15, -0.1) is 0 Å². The van der Waals surface area contributed by atoms with Gasteiger partial charge in [0.1, 0.15) is 0 Å². The van der Waals surface area contributed by atoms with Crippen molar-refractivity contribution in [3.63, 3.8) is 0 Å². The van der Waals surface area contributed by atoms with Crippen LogP contribution in [0.15, 0.2) is 17.1 Å². The monoisotopic (exact) mass is 110 g/mol. The Hall–Kier alpha value is -0.630. The van der Waals surface area contributed by atoms with Gasteiger partial charge in [-0.1, -0.05) is 6.58 Å². The third kappa shape index (κ3) is 0.954. The van der Waals surface area contributed by atoms with Gasteiger partial charge in [-0.25, -0.2) is 0 Å². The van der Waals surface area contributed by atoms with Gasteiger partial charge in [0.05, 0.1) is 6.67 Å². The summed E-state index contributed by atoms with van der Waals surface area (Å²) < 4.78 is 0. The van der Waals surface area contributed by atoms with Gasteiger partial charge >= 0.3 is 0 Å². The third-order valence-electron chi connectivity index (χ3n) is 1.28. The highest BCUT2D eigenvalue weighted by Crippen LogP contribution is 1.96. The zero-order valence-electron chi connectivity index (χ0n) is 5.07. The van der Waals surface area contributed by atoms with E-state index < -0.39 is 0 Å². The minimum Gasteiger partial charge on any atom is -0.294 e. The predicted octanol–water partition coefficient (Wildman–Crippen LogP) is 0.564. The molecule has 0 aliphatic carbocycles. The van der Waals surface area contributed by atoms with E-state index >= 15 is 0 Å². The molecule has 0 aromatic heterocycles. The Balaban J connectivity index is 2.67. The topological polar surface area (TPSA) is 24.4 Å². The molecule has 1 aliphatic rings. The van der Waals surface area contributed by atoms with Crippen LogP contribution in [0.4, 0.5) is 0 Å². The van der Waals surface area contributed by atoms with Gasteiger partial charge in [-0.05, 0) is 12.5 Å². The summed E-state index contributed by atoms with van der Waals surface area (Å²) in [5.41, 5.74) is 2.19. The Morgan fingerprint density at radius 2 is 2.50 bits per heavy atom. The molecular formula is C6H10N2. The van der Waals surface area contributed by atoms with E-state index in [9.17, 15) is 0 Å². The molecule has 1 N–H and O–H groups in total. The van der Waals surface area contributed by atoms with Crippen molar-refractivity contribution in [2.75, 3.05) is 13.2 Å². The Labute approximate surface area is 49.3 Å². The lowest BCUT2D eigenvalue weighted by molar-refractivity contribution is 0.746. The average molecular weight is 110 g/mol. The lowest BCUT2D eigenvalue weighted by atomic mass is 10.2. The van der Waals surface area contributed by atoms with Crippen molar-refractivity contribution in [1.29, 1.82) is 0 Å². The first-order valence-electron chi connectivity index (χ1n) is 2.70. The van der Waals surface area contributed by atoms with Gasteiger partial charge in [0.15, 0.2) is 0 Å². The molecule has 2 nitrogen and oxygen atoms in total. The normalized spacial score (nSPS) is 20.6. The molecular weight excluding hydrogens is 100 g/mol. The summed E-state index contributed by atoms with van der Waals surface area (Å²) >= 11 is 0. The summed E-state index contributed by atoms with van der Waals surface area (Å²) in [6, 6.07) is 0. The van der Waals surface area contributed by atoms with Crippen LogP contribution in [0.25, 0.3) is 0 Å². The van der Waals surface area contributed by atoms with Gasteiger partial charge in [-0.3, -0.25) is 10.3 Å². The number of aliphatic imine (C=N–C) groups is 1. The number of nitrogens with one attached hydrogen (secondary N) is 1. The highest BCUT2D eigenvalue weighted by Gasteiger charge is 2.01. The number of hydrogen-bond acceptors (Lipinski definition) is 2. The summed E-state index contributed by atoms with van der Waals surface area (Å²) in [7, 11) is 0. The molecule has 0 saturated carbocycles. The molecule has 8 heavy (non-hydrogen) atoms. The molecule has 0 unspecified atom stereocenters. The maximum atomic E-state index is 4.12. The first-order valence-corrected chi connectivity index (χ1v) is 2.70. The fraction of sp³-hybridized carbons (Fsp3) is 0.500. The maximum absolute atomic E-state index is 4.12. The van der Waals surface area contributed by atoms with E-state index in [0.29, 0.717) is 0 Å². The second kappa shape index (κ2) is 2.09. The molecule has 0 spiro atoms. The second-order valence-electron chi connectivity index (χ2n) is 1.93.